The monoisotopic (exact) mass is 391 g/mol. The molecule has 2 heterocycles. The van der Waals surface area contributed by atoms with Crippen LogP contribution in [0.25, 0.3) is 28.1 Å². The van der Waals surface area contributed by atoms with Gasteiger partial charge in [-0.3, -0.25) is 9.38 Å². The molecule has 6 heteroatoms. The highest BCUT2D eigenvalue weighted by molar-refractivity contribution is 9.10. The lowest BCUT2D eigenvalue weighted by molar-refractivity contribution is 0.687. The third-order valence-electron chi connectivity index (χ3n) is 4.33. The second-order valence-electron chi connectivity index (χ2n) is 6.42. The maximum Gasteiger partial charge on any atom is 0.180 e. The van der Waals surface area contributed by atoms with E-state index in [1.807, 2.05) is 60.7 Å². The predicted molar refractivity (Wildman–Crippen MR) is 100 cm³/mol. The minimum absolute atomic E-state index is 0.520. The van der Waals surface area contributed by atoms with Crippen LogP contribution in [0.3, 0.4) is 0 Å². The number of hydrogen-bond acceptors (Lipinski definition) is 4. The Balaban J connectivity index is 1.91. The molecule has 0 unspecified atom stereocenters. The van der Waals surface area contributed by atoms with Gasteiger partial charge in [-0.1, -0.05) is 40.2 Å². The highest BCUT2D eigenvalue weighted by Gasteiger charge is 2.20. The van der Waals surface area contributed by atoms with E-state index in [9.17, 15) is 5.26 Å². The summed E-state index contributed by atoms with van der Waals surface area (Å²) in [6, 6.07) is 16.2. The van der Waals surface area contributed by atoms with Crippen molar-refractivity contribution in [3.05, 3.63) is 58.7 Å². The number of halogens is 1. The van der Waals surface area contributed by atoms with Crippen LogP contribution in [0.15, 0.2) is 53.1 Å². The van der Waals surface area contributed by atoms with Crippen LogP contribution in [-0.4, -0.2) is 19.6 Å². The molecule has 0 aliphatic heterocycles. The molecule has 0 N–H and O–H groups in total. The van der Waals surface area contributed by atoms with Gasteiger partial charge >= 0.3 is 0 Å². The average molecular weight is 392 g/mol. The van der Waals surface area contributed by atoms with Gasteiger partial charge in [0.15, 0.2) is 11.5 Å². The summed E-state index contributed by atoms with van der Waals surface area (Å²) in [5.41, 5.74) is 3.91. The maximum atomic E-state index is 9.30. The first kappa shape index (κ1) is 15.7. The molecule has 0 amide bonds. The summed E-state index contributed by atoms with van der Waals surface area (Å²) in [4.78, 5) is 4.45. The van der Waals surface area contributed by atoms with E-state index in [0.29, 0.717) is 5.65 Å². The van der Waals surface area contributed by atoms with Gasteiger partial charge in [0.25, 0.3) is 0 Å². The van der Waals surface area contributed by atoms with Gasteiger partial charge in [0.1, 0.15) is 0 Å². The van der Waals surface area contributed by atoms with Gasteiger partial charge < -0.3 is 0 Å². The molecule has 0 fully saturated rings. The largest absolute Gasteiger partial charge is 0.272 e. The van der Waals surface area contributed by atoms with Crippen LogP contribution in [0, 0.1) is 11.3 Å². The number of benzene rings is 2. The van der Waals surface area contributed by atoms with Crippen molar-refractivity contribution in [1.29, 1.82) is 5.26 Å². The second kappa shape index (κ2) is 5.64. The van der Waals surface area contributed by atoms with E-state index in [0.717, 1.165) is 32.5 Å². The van der Waals surface area contributed by atoms with E-state index >= 15 is 0 Å². The normalized spacial score (nSPS) is 11.8. The molecule has 122 valence electrons. The highest BCUT2D eigenvalue weighted by atomic mass is 79.9. The molecule has 0 spiro atoms. The van der Waals surface area contributed by atoms with E-state index in [2.05, 4.69) is 37.2 Å². The average Bonchev–Trinajstić information content (AvgIpc) is 3.06. The number of fused-ring (bicyclic) bond motifs is 3. The zero-order chi connectivity index (χ0) is 17.6. The number of rotatable bonds is 2. The van der Waals surface area contributed by atoms with Crippen molar-refractivity contribution in [2.45, 2.75) is 19.3 Å². The van der Waals surface area contributed by atoms with Crippen molar-refractivity contribution in [2.24, 2.45) is 0 Å². The molecular formula is C19H14BrN5. The molecule has 0 bridgehead atoms. The fourth-order valence-electron chi connectivity index (χ4n) is 2.82. The van der Waals surface area contributed by atoms with Gasteiger partial charge in [-0.25, -0.2) is 0 Å². The van der Waals surface area contributed by atoms with Crippen molar-refractivity contribution < 1.29 is 0 Å². The molecule has 2 aromatic heterocycles. The molecule has 25 heavy (non-hydrogen) atoms. The van der Waals surface area contributed by atoms with Gasteiger partial charge in [0.2, 0.25) is 0 Å². The molecule has 0 saturated heterocycles. The molecule has 4 rings (SSSR count). The SMILES string of the molecule is CC(C)(C#N)c1ccc(-c2nnc3cnc4cc(Br)ccc4n23)cc1. The Kier molecular flexibility index (Phi) is 3.55. The lowest BCUT2D eigenvalue weighted by atomic mass is 9.86. The summed E-state index contributed by atoms with van der Waals surface area (Å²) >= 11 is 3.48. The van der Waals surface area contributed by atoms with Gasteiger partial charge in [0, 0.05) is 10.0 Å². The molecule has 0 aliphatic carbocycles. The fourth-order valence-corrected chi connectivity index (χ4v) is 3.17. The lowest BCUT2D eigenvalue weighted by Gasteiger charge is -2.15. The first-order chi connectivity index (χ1) is 12.0. The number of nitriles is 1. The Morgan fingerprint density at radius 3 is 2.56 bits per heavy atom. The van der Waals surface area contributed by atoms with Gasteiger partial charge in [0.05, 0.1) is 28.7 Å². The fraction of sp³-hybridized carbons (Fsp3) is 0.158. The summed E-state index contributed by atoms with van der Waals surface area (Å²) in [6.07, 6.45) is 1.72. The number of aromatic nitrogens is 4. The van der Waals surface area contributed by atoms with Crippen LogP contribution in [0.5, 0.6) is 0 Å². The zero-order valence-electron chi connectivity index (χ0n) is 13.7. The Morgan fingerprint density at radius 1 is 1.08 bits per heavy atom. The molecule has 0 saturated carbocycles. The smallest absolute Gasteiger partial charge is 0.180 e. The molecule has 0 aliphatic rings. The molecule has 4 aromatic rings. The molecule has 0 atom stereocenters. The molecule has 2 aromatic carbocycles. The summed E-state index contributed by atoms with van der Waals surface area (Å²) < 4.78 is 2.98. The Hall–Kier alpha value is -2.78. The van der Waals surface area contributed by atoms with Crippen LogP contribution >= 0.6 is 15.9 Å². The van der Waals surface area contributed by atoms with Crippen molar-refractivity contribution in [2.75, 3.05) is 0 Å². The minimum Gasteiger partial charge on any atom is -0.272 e. The minimum atomic E-state index is -0.520. The van der Waals surface area contributed by atoms with Crippen LogP contribution in [-0.2, 0) is 5.41 Å². The molecular weight excluding hydrogens is 378 g/mol. The lowest BCUT2D eigenvalue weighted by Crippen LogP contribution is -2.13. The summed E-state index contributed by atoms with van der Waals surface area (Å²) in [5, 5.41) is 17.9. The van der Waals surface area contributed by atoms with Crippen molar-refractivity contribution in [3.63, 3.8) is 0 Å². The highest BCUT2D eigenvalue weighted by Crippen LogP contribution is 2.27. The Bertz CT molecular complexity index is 1140. The van der Waals surface area contributed by atoms with Crippen LogP contribution in [0.1, 0.15) is 19.4 Å². The Morgan fingerprint density at radius 2 is 1.84 bits per heavy atom. The number of hydrogen-bond donors (Lipinski definition) is 0. The van der Waals surface area contributed by atoms with Gasteiger partial charge in [-0.2, -0.15) is 5.26 Å². The van der Waals surface area contributed by atoms with E-state index in [4.69, 9.17) is 0 Å². The third-order valence-corrected chi connectivity index (χ3v) is 4.82. The zero-order valence-corrected chi connectivity index (χ0v) is 15.3. The number of nitrogens with zero attached hydrogens (tertiary/aromatic N) is 5. The third kappa shape index (κ3) is 2.57. The van der Waals surface area contributed by atoms with Crippen molar-refractivity contribution in [3.8, 4) is 17.5 Å². The van der Waals surface area contributed by atoms with Crippen LogP contribution in [0.2, 0.25) is 0 Å². The quantitative estimate of drug-likeness (QED) is 0.504. The van der Waals surface area contributed by atoms with E-state index < -0.39 is 5.41 Å². The summed E-state index contributed by atoms with van der Waals surface area (Å²) in [7, 11) is 0. The summed E-state index contributed by atoms with van der Waals surface area (Å²) in [6.45, 7) is 3.82. The first-order valence-electron chi connectivity index (χ1n) is 7.81. The van der Waals surface area contributed by atoms with Gasteiger partial charge in [-0.15, -0.1) is 10.2 Å². The van der Waals surface area contributed by atoms with E-state index in [1.165, 1.54) is 0 Å². The van der Waals surface area contributed by atoms with Crippen LogP contribution < -0.4 is 0 Å². The van der Waals surface area contributed by atoms with Crippen molar-refractivity contribution in [1.82, 2.24) is 19.6 Å². The van der Waals surface area contributed by atoms with Crippen LogP contribution in [0.4, 0.5) is 0 Å². The van der Waals surface area contributed by atoms with Gasteiger partial charge in [-0.05, 0) is 37.6 Å². The topological polar surface area (TPSA) is 66.9 Å². The predicted octanol–water partition coefficient (Wildman–Crippen LogP) is 4.51. The molecule has 0 radical (unpaired) electrons. The standard InChI is InChI=1S/C19H14BrN5/c1-19(2,11-21)13-5-3-12(4-6-13)18-24-23-17-10-22-15-9-14(20)7-8-16(15)25(17)18/h3-10H,1-2H3. The second-order valence-corrected chi connectivity index (χ2v) is 7.34. The van der Waals surface area contributed by atoms with Crippen molar-refractivity contribution >= 4 is 32.6 Å². The maximum absolute atomic E-state index is 9.30. The molecule has 5 nitrogen and oxygen atoms in total. The van der Waals surface area contributed by atoms with E-state index in [-0.39, 0.29) is 0 Å². The summed E-state index contributed by atoms with van der Waals surface area (Å²) in [5.74, 6) is 0.756. The Labute approximate surface area is 153 Å². The van der Waals surface area contributed by atoms with E-state index in [1.54, 1.807) is 6.20 Å². The first-order valence-corrected chi connectivity index (χ1v) is 8.60.